The summed E-state index contributed by atoms with van der Waals surface area (Å²) in [6, 6.07) is 0. The molecule has 1 aliphatic carbocycles. The number of amides is 1. The molecule has 1 aliphatic rings. The second-order valence-electron chi connectivity index (χ2n) is 7.54. The highest BCUT2D eigenvalue weighted by Gasteiger charge is 2.40. The van der Waals surface area contributed by atoms with Gasteiger partial charge >= 0.3 is 12.1 Å². The molecule has 0 bridgehead atoms. The highest BCUT2D eigenvalue weighted by atomic mass is 16.7. The monoisotopic (exact) mass is 315 g/mol. The first kappa shape index (κ1) is 18.7. The normalized spacial score (nSPS) is 25.8. The van der Waals surface area contributed by atoms with Gasteiger partial charge < -0.3 is 9.84 Å². The van der Waals surface area contributed by atoms with Gasteiger partial charge in [-0.25, -0.2) is 4.79 Å². The zero-order chi connectivity index (χ0) is 17.0. The highest BCUT2D eigenvalue weighted by molar-refractivity contribution is 5.68. The van der Waals surface area contributed by atoms with Gasteiger partial charge in [-0.05, 0) is 58.3 Å². The lowest BCUT2D eigenvalue weighted by Gasteiger charge is -2.39. The van der Waals surface area contributed by atoms with E-state index in [9.17, 15) is 9.59 Å². The predicted molar refractivity (Wildman–Crippen MR) is 82.2 cm³/mol. The standard InChI is InChI=1S/C16H29NO5/c1-11(2)12-6-8-16(9-7-12,10-13(18)19)22-17-14(20)21-15(3,4)5/h11-12H,6-10H2,1-5H3,(H,17,20)(H,18,19). The van der Waals surface area contributed by atoms with Gasteiger partial charge in [-0.2, -0.15) is 5.48 Å². The van der Waals surface area contributed by atoms with Crippen LogP contribution in [0.15, 0.2) is 0 Å². The lowest BCUT2D eigenvalue weighted by molar-refractivity contribution is -0.161. The van der Waals surface area contributed by atoms with Crippen molar-refractivity contribution in [2.45, 2.75) is 77.9 Å². The number of carbonyl (C=O) groups excluding carboxylic acids is 1. The van der Waals surface area contributed by atoms with Gasteiger partial charge in [-0.3, -0.25) is 9.63 Å². The molecule has 0 aromatic rings. The van der Waals surface area contributed by atoms with E-state index in [4.69, 9.17) is 14.7 Å². The van der Waals surface area contributed by atoms with Crippen LogP contribution in [0.3, 0.4) is 0 Å². The average Bonchev–Trinajstić information content (AvgIpc) is 2.34. The molecule has 128 valence electrons. The van der Waals surface area contributed by atoms with Crippen LogP contribution in [-0.2, 0) is 14.4 Å². The summed E-state index contributed by atoms with van der Waals surface area (Å²) in [4.78, 5) is 28.3. The Morgan fingerprint density at radius 3 is 2.23 bits per heavy atom. The average molecular weight is 315 g/mol. The van der Waals surface area contributed by atoms with Crippen LogP contribution in [0, 0.1) is 11.8 Å². The molecule has 2 N–H and O–H groups in total. The van der Waals surface area contributed by atoms with E-state index >= 15 is 0 Å². The fourth-order valence-electron chi connectivity index (χ4n) is 2.87. The molecule has 0 heterocycles. The van der Waals surface area contributed by atoms with Gasteiger partial charge in [-0.1, -0.05) is 13.8 Å². The van der Waals surface area contributed by atoms with E-state index in [1.165, 1.54) is 0 Å². The first-order chi connectivity index (χ1) is 10.0. The van der Waals surface area contributed by atoms with Crippen molar-refractivity contribution >= 4 is 12.1 Å². The van der Waals surface area contributed by atoms with Crippen LogP contribution in [-0.4, -0.2) is 28.4 Å². The van der Waals surface area contributed by atoms with Gasteiger partial charge in [0.1, 0.15) is 11.2 Å². The Morgan fingerprint density at radius 1 is 1.27 bits per heavy atom. The molecule has 1 saturated carbocycles. The minimum atomic E-state index is -0.922. The molecule has 0 unspecified atom stereocenters. The second-order valence-corrected chi connectivity index (χ2v) is 7.54. The number of aliphatic carboxylic acids is 1. The Hall–Kier alpha value is -1.30. The van der Waals surface area contributed by atoms with E-state index in [2.05, 4.69) is 19.3 Å². The molecule has 1 amide bonds. The van der Waals surface area contributed by atoms with E-state index in [0.717, 1.165) is 12.8 Å². The molecular formula is C16H29NO5. The maximum Gasteiger partial charge on any atom is 0.431 e. The number of carboxylic acids is 1. The zero-order valence-electron chi connectivity index (χ0n) is 14.3. The largest absolute Gasteiger partial charge is 0.481 e. The zero-order valence-corrected chi connectivity index (χ0v) is 14.3. The number of ether oxygens (including phenoxy) is 1. The first-order valence-electron chi connectivity index (χ1n) is 7.92. The van der Waals surface area contributed by atoms with Crippen LogP contribution in [0.5, 0.6) is 0 Å². The number of rotatable bonds is 5. The number of nitrogens with one attached hydrogen (secondary N) is 1. The summed E-state index contributed by atoms with van der Waals surface area (Å²) in [5, 5.41) is 9.13. The predicted octanol–water partition coefficient (Wildman–Crippen LogP) is 3.50. The summed E-state index contributed by atoms with van der Waals surface area (Å²) in [6.45, 7) is 9.62. The van der Waals surface area contributed by atoms with Crippen molar-refractivity contribution in [3.8, 4) is 0 Å². The number of carboxylic acid groups (broad SMARTS) is 1. The van der Waals surface area contributed by atoms with E-state index < -0.39 is 23.3 Å². The summed E-state index contributed by atoms with van der Waals surface area (Å²) < 4.78 is 5.12. The van der Waals surface area contributed by atoms with E-state index in [-0.39, 0.29) is 6.42 Å². The minimum absolute atomic E-state index is 0.117. The summed E-state index contributed by atoms with van der Waals surface area (Å²) in [5.74, 6) is 0.225. The fourth-order valence-corrected chi connectivity index (χ4v) is 2.87. The second kappa shape index (κ2) is 7.31. The van der Waals surface area contributed by atoms with Crippen molar-refractivity contribution in [1.82, 2.24) is 5.48 Å². The summed E-state index contributed by atoms with van der Waals surface area (Å²) in [7, 11) is 0. The molecule has 1 fully saturated rings. The van der Waals surface area contributed by atoms with Crippen LogP contribution in [0.2, 0.25) is 0 Å². The summed E-state index contributed by atoms with van der Waals surface area (Å²) in [5.41, 5.74) is 0.813. The molecule has 0 aromatic heterocycles. The summed E-state index contributed by atoms with van der Waals surface area (Å²) >= 11 is 0. The van der Waals surface area contributed by atoms with Gasteiger partial charge in [-0.15, -0.1) is 0 Å². The van der Waals surface area contributed by atoms with E-state index in [1.54, 1.807) is 20.8 Å². The van der Waals surface area contributed by atoms with Gasteiger partial charge in [0, 0.05) is 0 Å². The topological polar surface area (TPSA) is 84.9 Å². The van der Waals surface area contributed by atoms with Crippen molar-refractivity contribution in [3.63, 3.8) is 0 Å². The van der Waals surface area contributed by atoms with Crippen molar-refractivity contribution in [3.05, 3.63) is 0 Å². The van der Waals surface area contributed by atoms with Crippen LogP contribution in [0.4, 0.5) is 4.79 Å². The highest BCUT2D eigenvalue weighted by Crippen LogP contribution is 2.39. The molecule has 1 rings (SSSR count). The maximum atomic E-state index is 11.7. The Kier molecular flexibility index (Phi) is 6.23. The van der Waals surface area contributed by atoms with Crippen molar-refractivity contribution in [2.24, 2.45) is 11.8 Å². The lowest BCUT2D eigenvalue weighted by atomic mass is 9.73. The number of hydrogen-bond acceptors (Lipinski definition) is 4. The molecule has 0 saturated heterocycles. The smallest absolute Gasteiger partial charge is 0.431 e. The number of hydrogen-bond donors (Lipinski definition) is 2. The van der Waals surface area contributed by atoms with Crippen molar-refractivity contribution < 1.29 is 24.3 Å². The third-order valence-electron chi connectivity index (χ3n) is 4.11. The lowest BCUT2D eigenvalue weighted by Crippen LogP contribution is -2.46. The first-order valence-corrected chi connectivity index (χ1v) is 7.92. The van der Waals surface area contributed by atoms with Gasteiger partial charge in [0.25, 0.3) is 0 Å². The van der Waals surface area contributed by atoms with Crippen molar-refractivity contribution in [2.75, 3.05) is 0 Å². The third kappa shape index (κ3) is 6.22. The summed E-state index contributed by atoms with van der Waals surface area (Å²) in [6.07, 6.45) is 2.24. The SMILES string of the molecule is CC(C)C1CCC(CC(=O)O)(ONC(=O)OC(C)(C)C)CC1. The van der Waals surface area contributed by atoms with Crippen LogP contribution >= 0.6 is 0 Å². The number of carbonyl (C=O) groups is 2. The fraction of sp³-hybridized carbons (Fsp3) is 0.875. The van der Waals surface area contributed by atoms with Crippen molar-refractivity contribution in [1.29, 1.82) is 0 Å². The Balaban J connectivity index is 2.62. The third-order valence-corrected chi connectivity index (χ3v) is 4.11. The van der Waals surface area contributed by atoms with Crippen LogP contribution in [0.25, 0.3) is 0 Å². The molecule has 0 atom stereocenters. The Morgan fingerprint density at radius 2 is 1.82 bits per heavy atom. The van der Waals surface area contributed by atoms with Gasteiger partial charge in [0.05, 0.1) is 6.42 Å². The molecule has 6 heteroatoms. The van der Waals surface area contributed by atoms with Crippen LogP contribution in [0.1, 0.15) is 66.7 Å². The quantitative estimate of drug-likeness (QED) is 0.758. The maximum absolute atomic E-state index is 11.7. The molecule has 0 aliphatic heterocycles. The van der Waals surface area contributed by atoms with E-state index in [0.29, 0.717) is 24.7 Å². The molecule has 0 aromatic carbocycles. The Bertz CT molecular complexity index is 392. The minimum Gasteiger partial charge on any atom is -0.481 e. The van der Waals surface area contributed by atoms with E-state index in [1.807, 2.05) is 0 Å². The Labute approximate surface area is 132 Å². The van der Waals surface area contributed by atoms with Crippen LogP contribution < -0.4 is 5.48 Å². The van der Waals surface area contributed by atoms with Gasteiger partial charge in [0.2, 0.25) is 0 Å². The number of hydroxylamine groups is 1. The molecular weight excluding hydrogens is 286 g/mol. The van der Waals surface area contributed by atoms with Gasteiger partial charge in [0.15, 0.2) is 0 Å². The molecule has 0 spiro atoms. The molecule has 0 radical (unpaired) electrons. The molecule has 6 nitrogen and oxygen atoms in total. The molecule has 22 heavy (non-hydrogen) atoms.